The van der Waals surface area contributed by atoms with Crippen molar-refractivity contribution in [3.05, 3.63) is 105 Å². The lowest BCUT2D eigenvalue weighted by Gasteiger charge is -2.40. The highest BCUT2D eigenvalue weighted by Gasteiger charge is 2.46. The van der Waals surface area contributed by atoms with Crippen LogP contribution in [0.1, 0.15) is 95.5 Å². The molecular formula is C53H59Cl2N9O6. The monoisotopic (exact) mass is 987 g/mol. The molecule has 5 fully saturated rings. The number of piperidine rings is 3. The first-order chi connectivity index (χ1) is 33.9. The number of hydrogen-bond donors (Lipinski definition) is 1. The molecule has 0 saturated carbocycles. The largest absolute Gasteiger partial charge is 0.489 e. The molecule has 3 atom stereocenters. The Labute approximate surface area is 419 Å². The Morgan fingerprint density at radius 3 is 2.24 bits per heavy atom. The Morgan fingerprint density at radius 1 is 0.814 bits per heavy atom. The Kier molecular flexibility index (Phi) is 13.8. The Bertz CT molecular complexity index is 2680. The van der Waals surface area contributed by atoms with Crippen molar-refractivity contribution in [3.8, 4) is 17.6 Å². The summed E-state index contributed by atoms with van der Waals surface area (Å²) in [5.74, 6) is 2.07. The lowest BCUT2D eigenvalue weighted by Crippen LogP contribution is -2.54. The van der Waals surface area contributed by atoms with Crippen LogP contribution < -0.4 is 24.6 Å². The number of carbonyl (C=O) groups is 4. The lowest BCUT2D eigenvalue weighted by atomic mass is 9.77. The molecule has 15 nitrogen and oxygen atoms in total. The highest BCUT2D eigenvalue weighted by atomic mass is 35.5. The average Bonchev–Trinajstić information content (AvgIpc) is 4.03. The number of anilines is 2. The minimum atomic E-state index is -0.962. The van der Waals surface area contributed by atoms with E-state index >= 15 is 0 Å². The van der Waals surface area contributed by atoms with Crippen molar-refractivity contribution in [3.63, 3.8) is 0 Å². The number of hydrogen-bond acceptors (Lipinski definition) is 13. The minimum Gasteiger partial charge on any atom is -0.489 e. The van der Waals surface area contributed by atoms with Gasteiger partial charge < -0.3 is 24.2 Å². The molecule has 366 valence electrons. The van der Waals surface area contributed by atoms with Crippen molar-refractivity contribution in [1.29, 1.82) is 5.26 Å². The third kappa shape index (κ3) is 9.68. The van der Waals surface area contributed by atoms with Crippen LogP contribution in [0.15, 0.2) is 66.9 Å². The molecule has 10 rings (SSSR count). The van der Waals surface area contributed by atoms with E-state index in [-0.39, 0.29) is 25.4 Å². The van der Waals surface area contributed by atoms with Crippen molar-refractivity contribution >= 4 is 58.5 Å². The minimum absolute atomic E-state index is 0.101. The SMILES string of the molecule is CC(C)(c1ccc(OCc2ccnc(N3C[C@@H]4CN(C5CCN(CC6CCN(c7ccc8c(c7)C(=O)N(C7CCC(=O)NC7=O)C8=O)CC6)CC5)C[C@@H]4C3)n2)cc1)c1cc(Cl)c(OCCCl)c(C#N)c1. The van der Waals surface area contributed by atoms with Gasteiger partial charge in [0.25, 0.3) is 11.8 Å². The third-order valence-electron chi connectivity index (χ3n) is 15.7. The topological polar surface area (TPSA) is 165 Å². The first kappa shape index (κ1) is 47.9. The van der Waals surface area contributed by atoms with E-state index in [1.54, 1.807) is 12.1 Å². The van der Waals surface area contributed by atoms with Crippen LogP contribution in [0, 0.1) is 29.1 Å². The van der Waals surface area contributed by atoms with Crippen molar-refractivity contribution in [2.75, 3.05) is 81.2 Å². The number of nitriles is 1. The third-order valence-corrected chi connectivity index (χ3v) is 16.1. The van der Waals surface area contributed by atoms with Crippen molar-refractivity contribution in [2.45, 2.75) is 76.5 Å². The van der Waals surface area contributed by atoms with Crippen molar-refractivity contribution < 1.29 is 28.7 Å². The summed E-state index contributed by atoms with van der Waals surface area (Å²) in [7, 11) is 0. The number of ether oxygens (including phenoxy) is 2. The molecule has 4 aromatic rings. The predicted octanol–water partition coefficient (Wildman–Crippen LogP) is 6.67. The van der Waals surface area contributed by atoms with E-state index in [9.17, 15) is 24.4 Å². The van der Waals surface area contributed by atoms with Gasteiger partial charge in [-0.05, 0) is 123 Å². The van der Waals surface area contributed by atoms with E-state index in [0.29, 0.717) is 63.7 Å². The second-order valence-corrected chi connectivity index (χ2v) is 21.1. The first-order valence-electron chi connectivity index (χ1n) is 24.7. The van der Waals surface area contributed by atoms with E-state index < -0.39 is 29.2 Å². The van der Waals surface area contributed by atoms with E-state index in [2.05, 4.69) is 49.8 Å². The number of fused-ring (bicyclic) bond motifs is 2. The molecule has 6 aliphatic heterocycles. The summed E-state index contributed by atoms with van der Waals surface area (Å²) in [5.41, 5.74) is 4.29. The number of aromatic nitrogens is 2. The summed E-state index contributed by atoms with van der Waals surface area (Å²) in [4.78, 5) is 71.5. The van der Waals surface area contributed by atoms with Gasteiger partial charge in [0.2, 0.25) is 17.8 Å². The Morgan fingerprint density at radius 2 is 1.54 bits per heavy atom. The van der Waals surface area contributed by atoms with Crippen LogP contribution >= 0.6 is 23.2 Å². The number of carbonyl (C=O) groups excluding carboxylic acids is 4. The lowest BCUT2D eigenvalue weighted by molar-refractivity contribution is -0.136. The van der Waals surface area contributed by atoms with Gasteiger partial charge in [-0.15, -0.1) is 11.6 Å². The molecule has 0 bridgehead atoms. The van der Waals surface area contributed by atoms with Gasteiger partial charge in [0.15, 0.2) is 5.75 Å². The fourth-order valence-electron chi connectivity index (χ4n) is 11.6. The maximum Gasteiger partial charge on any atom is 0.262 e. The molecule has 0 radical (unpaired) electrons. The van der Waals surface area contributed by atoms with E-state index in [4.69, 9.17) is 37.7 Å². The van der Waals surface area contributed by atoms with Gasteiger partial charge in [-0.1, -0.05) is 37.6 Å². The summed E-state index contributed by atoms with van der Waals surface area (Å²) in [6.45, 7) is 14.1. The van der Waals surface area contributed by atoms with Gasteiger partial charge in [-0.3, -0.25) is 34.3 Å². The zero-order chi connectivity index (χ0) is 48.7. The molecule has 1 aromatic heterocycles. The molecule has 1 N–H and O–H groups in total. The number of halogens is 2. The average molecular weight is 989 g/mol. The van der Waals surface area contributed by atoms with E-state index in [0.717, 1.165) is 111 Å². The number of imide groups is 2. The van der Waals surface area contributed by atoms with E-state index in [1.165, 1.54) is 12.8 Å². The predicted molar refractivity (Wildman–Crippen MR) is 266 cm³/mol. The molecular weight excluding hydrogens is 930 g/mol. The van der Waals surface area contributed by atoms with Crippen LogP contribution in [-0.2, 0) is 21.6 Å². The van der Waals surface area contributed by atoms with Gasteiger partial charge in [0.05, 0.1) is 33.3 Å². The molecule has 3 aromatic carbocycles. The number of nitrogens with one attached hydrogen (secondary N) is 1. The van der Waals surface area contributed by atoms with Gasteiger partial charge in [-0.25, -0.2) is 9.97 Å². The molecule has 7 heterocycles. The van der Waals surface area contributed by atoms with Gasteiger partial charge in [0, 0.05) is 75.6 Å². The summed E-state index contributed by atoms with van der Waals surface area (Å²) in [6.07, 6.45) is 6.61. The smallest absolute Gasteiger partial charge is 0.262 e. The fourth-order valence-corrected chi connectivity index (χ4v) is 11.9. The molecule has 0 aliphatic carbocycles. The molecule has 4 amide bonds. The summed E-state index contributed by atoms with van der Waals surface area (Å²) in [5, 5.41) is 12.5. The quantitative estimate of drug-likeness (QED) is 0.105. The summed E-state index contributed by atoms with van der Waals surface area (Å²) in [6, 6.07) is 20.9. The number of nitrogens with zero attached hydrogens (tertiary/aromatic N) is 8. The van der Waals surface area contributed by atoms with Crippen LogP contribution in [0.25, 0.3) is 0 Å². The zero-order valence-electron chi connectivity index (χ0n) is 39.7. The van der Waals surface area contributed by atoms with Gasteiger partial charge in [0.1, 0.15) is 31.1 Å². The Balaban J connectivity index is 0.652. The molecule has 6 aliphatic rings. The summed E-state index contributed by atoms with van der Waals surface area (Å²) < 4.78 is 11.9. The molecule has 0 spiro atoms. The van der Waals surface area contributed by atoms with E-state index in [1.807, 2.05) is 54.7 Å². The Hall–Kier alpha value is -5.79. The number of alkyl halides is 1. The molecule has 5 saturated heterocycles. The van der Waals surface area contributed by atoms with Crippen LogP contribution in [0.4, 0.5) is 11.6 Å². The number of amides is 4. The van der Waals surface area contributed by atoms with Crippen LogP contribution in [0.3, 0.4) is 0 Å². The summed E-state index contributed by atoms with van der Waals surface area (Å²) >= 11 is 12.4. The molecule has 17 heteroatoms. The fraction of sp³-hybridized carbons (Fsp3) is 0.491. The second kappa shape index (κ2) is 20.1. The zero-order valence-corrected chi connectivity index (χ0v) is 41.3. The van der Waals surface area contributed by atoms with Gasteiger partial charge in [-0.2, -0.15) is 5.26 Å². The van der Waals surface area contributed by atoms with Crippen LogP contribution in [0.5, 0.6) is 11.5 Å². The van der Waals surface area contributed by atoms with Crippen LogP contribution in [-0.4, -0.2) is 132 Å². The molecule has 1 unspecified atom stereocenters. The van der Waals surface area contributed by atoms with Crippen LogP contribution in [0.2, 0.25) is 5.02 Å². The number of benzene rings is 3. The second-order valence-electron chi connectivity index (χ2n) is 20.3. The molecule has 70 heavy (non-hydrogen) atoms. The highest BCUT2D eigenvalue weighted by molar-refractivity contribution is 6.32. The maximum absolute atomic E-state index is 13.4. The first-order valence-corrected chi connectivity index (χ1v) is 25.6. The number of likely N-dealkylation sites (tertiary alicyclic amines) is 2. The van der Waals surface area contributed by atoms with Crippen molar-refractivity contribution in [1.82, 2.24) is 30.0 Å². The maximum atomic E-state index is 13.4. The highest BCUT2D eigenvalue weighted by Crippen LogP contribution is 2.40. The normalized spacial score (nSPS) is 22.6. The standard InChI is InChI=1S/C53H59Cl2N9O6/c1-53(2,38-23-34(26-56)48(45(55)24-38)69-22-16-54)37-3-6-42(7-4-37)70-32-39-11-17-57-52(58-39)63-30-35-28-62(29-36(35)31-63)40-14-18-60(19-15-40)27-33-12-20-61(21-13-33)41-5-8-43-44(25-41)51(68)64(50(43)67)46-9-10-47(65)59-49(46)66/h3-8,11,17,23-25,33,35-36,40,46H,9-10,12-16,18-22,27-32H2,1-2H3,(H,59,65,66)/t35-,36+,46?. The van der Waals surface area contributed by atoms with Gasteiger partial charge >= 0.3 is 0 Å². The van der Waals surface area contributed by atoms with Crippen molar-refractivity contribution in [2.24, 2.45) is 17.8 Å². The number of rotatable bonds is 14.